The lowest BCUT2D eigenvalue weighted by Crippen LogP contribution is -2.41. The minimum absolute atomic E-state index is 0.417. The van der Waals surface area contributed by atoms with E-state index in [1.54, 1.807) is 6.33 Å². The Kier molecular flexibility index (Phi) is 5.25. The summed E-state index contributed by atoms with van der Waals surface area (Å²) in [6.07, 6.45) is 5.85. The van der Waals surface area contributed by atoms with Crippen molar-refractivity contribution >= 4 is 11.6 Å². The SMILES string of the molecule is Cc1ncccc1CN1CCCC(Nc2cc(N(C)C)ncn2)C1. The summed E-state index contributed by atoms with van der Waals surface area (Å²) in [5.74, 6) is 1.82. The van der Waals surface area contributed by atoms with E-state index in [2.05, 4.69) is 38.2 Å². The van der Waals surface area contributed by atoms with Crippen LogP contribution in [0.2, 0.25) is 0 Å². The van der Waals surface area contributed by atoms with E-state index in [0.717, 1.165) is 37.0 Å². The van der Waals surface area contributed by atoms with Crippen molar-refractivity contribution in [3.63, 3.8) is 0 Å². The molecule has 1 aliphatic rings. The van der Waals surface area contributed by atoms with Crippen LogP contribution in [-0.2, 0) is 6.54 Å². The molecule has 0 amide bonds. The van der Waals surface area contributed by atoms with Gasteiger partial charge in [0.2, 0.25) is 0 Å². The van der Waals surface area contributed by atoms with Gasteiger partial charge in [-0.2, -0.15) is 0 Å². The molecule has 3 rings (SSSR count). The molecule has 3 heterocycles. The first-order valence-corrected chi connectivity index (χ1v) is 8.50. The molecule has 1 aliphatic heterocycles. The molecule has 6 heteroatoms. The molecule has 1 atom stereocenters. The fourth-order valence-electron chi connectivity index (χ4n) is 3.12. The number of aromatic nitrogens is 3. The van der Waals surface area contributed by atoms with E-state index in [-0.39, 0.29) is 0 Å². The summed E-state index contributed by atoms with van der Waals surface area (Å²) in [6.45, 7) is 5.21. The molecule has 1 unspecified atom stereocenters. The third-order valence-corrected chi connectivity index (χ3v) is 4.48. The van der Waals surface area contributed by atoms with Gasteiger partial charge in [-0.05, 0) is 37.9 Å². The van der Waals surface area contributed by atoms with E-state index in [9.17, 15) is 0 Å². The highest BCUT2D eigenvalue weighted by Gasteiger charge is 2.20. The lowest BCUT2D eigenvalue weighted by Gasteiger charge is -2.33. The molecule has 128 valence electrons. The normalized spacial score (nSPS) is 18.4. The molecule has 1 fully saturated rings. The summed E-state index contributed by atoms with van der Waals surface area (Å²) in [5.41, 5.74) is 2.44. The zero-order valence-electron chi connectivity index (χ0n) is 14.7. The van der Waals surface area contributed by atoms with Crippen LogP contribution >= 0.6 is 0 Å². The monoisotopic (exact) mass is 326 g/mol. The Hall–Kier alpha value is -2.21. The summed E-state index contributed by atoms with van der Waals surface area (Å²) in [6, 6.07) is 6.61. The molecule has 1 N–H and O–H groups in total. The van der Waals surface area contributed by atoms with Gasteiger partial charge in [-0.15, -0.1) is 0 Å². The molecule has 0 aromatic carbocycles. The number of hydrogen-bond donors (Lipinski definition) is 1. The molecule has 0 bridgehead atoms. The Morgan fingerprint density at radius 2 is 2.17 bits per heavy atom. The summed E-state index contributed by atoms with van der Waals surface area (Å²) < 4.78 is 0. The first-order chi connectivity index (χ1) is 11.6. The second-order valence-corrected chi connectivity index (χ2v) is 6.62. The van der Waals surface area contributed by atoms with Crippen molar-refractivity contribution in [2.24, 2.45) is 0 Å². The van der Waals surface area contributed by atoms with Gasteiger partial charge in [0, 0.05) is 51.2 Å². The molecule has 0 aliphatic carbocycles. The molecule has 0 radical (unpaired) electrons. The van der Waals surface area contributed by atoms with Gasteiger partial charge in [0.1, 0.15) is 18.0 Å². The number of nitrogens with zero attached hydrogens (tertiary/aromatic N) is 5. The number of aryl methyl sites for hydroxylation is 1. The van der Waals surface area contributed by atoms with E-state index in [0.29, 0.717) is 6.04 Å². The van der Waals surface area contributed by atoms with Gasteiger partial charge in [0.15, 0.2) is 0 Å². The van der Waals surface area contributed by atoms with E-state index >= 15 is 0 Å². The Labute approximate surface area is 143 Å². The van der Waals surface area contributed by atoms with Crippen LogP contribution < -0.4 is 10.2 Å². The average molecular weight is 326 g/mol. The van der Waals surface area contributed by atoms with Crippen LogP contribution in [0.15, 0.2) is 30.7 Å². The van der Waals surface area contributed by atoms with E-state index < -0.39 is 0 Å². The lowest BCUT2D eigenvalue weighted by molar-refractivity contribution is 0.208. The largest absolute Gasteiger partial charge is 0.366 e. The summed E-state index contributed by atoms with van der Waals surface area (Å²) in [4.78, 5) is 17.5. The fourth-order valence-corrected chi connectivity index (χ4v) is 3.12. The Balaban J connectivity index is 1.61. The molecule has 0 spiro atoms. The second kappa shape index (κ2) is 7.57. The molecular formula is C18H26N6. The van der Waals surface area contributed by atoms with Gasteiger partial charge < -0.3 is 10.2 Å². The van der Waals surface area contributed by atoms with Crippen molar-refractivity contribution in [2.75, 3.05) is 37.4 Å². The van der Waals surface area contributed by atoms with E-state index in [4.69, 9.17) is 0 Å². The van der Waals surface area contributed by atoms with Gasteiger partial charge in [0.25, 0.3) is 0 Å². The van der Waals surface area contributed by atoms with Crippen molar-refractivity contribution in [2.45, 2.75) is 32.4 Å². The topological polar surface area (TPSA) is 57.2 Å². The molecule has 6 nitrogen and oxygen atoms in total. The molecular weight excluding hydrogens is 300 g/mol. The van der Waals surface area contributed by atoms with Gasteiger partial charge >= 0.3 is 0 Å². The number of nitrogens with one attached hydrogen (secondary N) is 1. The van der Waals surface area contributed by atoms with Crippen molar-refractivity contribution in [1.29, 1.82) is 0 Å². The van der Waals surface area contributed by atoms with Crippen molar-refractivity contribution in [1.82, 2.24) is 19.9 Å². The van der Waals surface area contributed by atoms with Crippen LogP contribution in [0.3, 0.4) is 0 Å². The van der Waals surface area contributed by atoms with Gasteiger partial charge in [-0.1, -0.05) is 6.07 Å². The predicted molar refractivity (Wildman–Crippen MR) is 97.3 cm³/mol. The zero-order valence-corrected chi connectivity index (χ0v) is 14.7. The standard InChI is InChI=1S/C18H26N6/c1-14-15(6-4-8-19-14)11-24-9-5-7-16(12-24)22-17-10-18(23(2)3)21-13-20-17/h4,6,8,10,13,16H,5,7,9,11-12H2,1-3H3,(H,20,21,22). The second-order valence-electron chi connectivity index (χ2n) is 6.62. The zero-order chi connectivity index (χ0) is 16.9. The molecule has 1 saturated heterocycles. The number of likely N-dealkylation sites (tertiary alicyclic amines) is 1. The van der Waals surface area contributed by atoms with Crippen LogP contribution in [-0.4, -0.2) is 53.1 Å². The van der Waals surface area contributed by atoms with E-state index in [1.807, 2.05) is 37.3 Å². The minimum atomic E-state index is 0.417. The number of pyridine rings is 1. The van der Waals surface area contributed by atoms with Crippen molar-refractivity contribution in [3.05, 3.63) is 42.0 Å². The molecule has 0 saturated carbocycles. The number of piperidine rings is 1. The van der Waals surface area contributed by atoms with Gasteiger partial charge in [-0.25, -0.2) is 9.97 Å². The van der Waals surface area contributed by atoms with Gasteiger partial charge in [-0.3, -0.25) is 9.88 Å². The number of anilines is 2. The first kappa shape index (κ1) is 16.6. The van der Waals surface area contributed by atoms with Crippen molar-refractivity contribution in [3.8, 4) is 0 Å². The highest BCUT2D eigenvalue weighted by atomic mass is 15.2. The maximum absolute atomic E-state index is 4.39. The number of hydrogen-bond acceptors (Lipinski definition) is 6. The van der Waals surface area contributed by atoms with Crippen LogP contribution in [0.5, 0.6) is 0 Å². The van der Waals surface area contributed by atoms with Gasteiger partial charge in [0.05, 0.1) is 0 Å². The van der Waals surface area contributed by atoms with Crippen LogP contribution in [0, 0.1) is 6.92 Å². The third kappa shape index (κ3) is 4.20. The summed E-state index contributed by atoms with van der Waals surface area (Å²) in [5, 5.41) is 3.57. The quantitative estimate of drug-likeness (QED) is 0.910. The van der Waals surface area contributed by atoms with Crippen LogP contribution in [0.4, 0.5) is 11.6 Å². The van der Waals surface area contributed by atoms with E-state index in [1.165, 1.54) is 18.4 Å². The summed E-state index contributed by atoms with van der Waals surface area (Å²) >= 11 is 0. The van der Waals surface area contributed by atoms with Crippen LogP contribution in [0.1, 0.15) is 24.1 Å². The summed E-state index contributed by atoms with van der Waals surface area (Å²) in [7, 11) is 3.98. The first-order valence-electron chi connectivity index (χ1n) is 8.50. The highest BCUT2D eigenvalue weighted by molar-refractivity contribution is 5.47. The average Bonchev–Trinajstić information content (AvgIpc) is 2.57. The fraction of sp³-hybridized carbons (Fsp3) is 0.500. The number of rotatable bonds is 5. The smallest absolute Gasteiger partial charge is 0.133 e. The maximum atomic E-state index is 4.39. The third-order valence-electron chi connectivity index (χ3n) is 4.48. The lowest BCUT2D eigenvalue weighted by atomic mass is 10.0. The van der Waals surface area contributed by atoms with Crippen LogP contribution in [0.25, 0.3) is 0 Å². The minimum Gasteiger partial charge on any atom is -0.366 e. The maximum Gasteiger partial charge on any atom is 0.133 e. The Morgan fingerprint density at radius 3 is 2.96 bits per heavy atom. The molecule has 2 aromatic heterocycles. The molecule has 2 aromatic rings. The molecule has 24 heavy (non-hydrogen) atoms. The Bertz CT molecular complexity index is 672. The van der Waals surface area contributed by atoms with Crippen molar-refractivity contribution < 1.29 is 0 Å². The Morgan fingerprint density at radius 1 is 1.29 bits per heavy atom. The predicted octanol–water partition coefficient (Wildman–Crippen LogP) is 2.32. The highest BCUT2D eigenvalue weighted by Crippen LogP contribution is 2.19.